The second kappa shape index (κ2) is 15.4. The molecule has 160 valence electrons. The number of aliphatic hydroxyl groups excluding tert-OH is 1. The first-order valence-corrected chi connectivity index (χ1v) is 11.3. The molecule has 0 bridgehead atoms. The number of carboxylic acids is 1. The summed E-state index contributed by atoms with van der Waals surface area (Å²) in [5.41, 5.74) is 0.780. The van der Waals surface area contributed by atoms with Crippen LogP contribution in [0.1, 0.15) is 113 Å². The van der Waals surface area contributed by atoms with E-state index >= 15 is 0 Å². The van der Waals surface area contributed by atoms with Crippen LogP contribution in [-0.2, 0) is 6.42 Å². The normalized spacial score (nSPS) is 12.2. The Morgan fingerprint density at radius 3 is 1.96 bits per heavy atom. The molecule has 28 heavy (non-hydrogen) atoms. The predicted octanol–water partition coefficient (Wildman–Crippen LogP) is 6.48. The van der Waals surface area contributed by atoms with Crippen molar-refractivity contribution in [3.8, 4) is 5.75 Å². The number of aromatic hydroxyl groups is 1. The third-order valence-electron chi connectivity index (χ3n) is 5.47. The Bertz CT molecular complexity index is 541. The highest BCUT2D eigenvalue weighted by Gasteiger charge is 2.14. The predicted molar refractivity (Wildman–Crippen MR) is 115 cm³/mol. The second-order valence-electron chi connectivity index (χ2n) is 7.99. The van der Waals surface area contributed by atoms with Gasteiger partial charge in [-0.2, -0.15) is 0 Å². The Labute approximate surface area is 171 Å². The van der Waals surface area contributed by atoms with Crippen LogP contribution < -0.4 is 0 Å². The average molecular weight is 393 g/mol. The molecule has 0 heterocycles. The summed E-state index contributed by atoms with van der Waals surface area (Å²) >= 11 is 0. The largest absolute Gasteiger partial charge is 0.507 e. The van der Waals surface area contributed by atoms with E-state index in [1.54, 1.807) is 12.1 Å². The molecule has 0 radical (unpaired) electrons. The van der Waals surface area contributed by atoms with E-state index in [0.29, 0.717) is 6.42 Å². The van der Waals surface area contributed by atoms with Crippen molar-refractivity contribution in [3.63, 3.8) is 0 Å². The molecule has 0 fully saturated rings. The van der Waals surface area contributed by atoms with E-state index in [4.69, 9.17) is 0 Å². The summed E-state index contributed by atoms with van der Waals surface area (Å²) in [5.74, 6) is -1.19. The van der Waals surface area contributed by atoms with Gasteiger partial charge in [0.25, 0.3) is 0 Å². The zero-order chi connectivity index (χ0) is 20.6. The van der Waals surface area contributed by atoms with E-state index in [0.717, 1.165) is 44.1 Å². The maximum absolute atomic E-state index is 11.2. The maximum Gasteiger partial charge on any atom is 0.339 e. The summed E-state index contributed by atoms with van der Waals surface area (Å²) in [6.45, 7) is 2.19. The lowest BCUT2D eigenvalue weighted by molar-refractivity contribution is 0.0692. The van der Waals surface area contributed by atoms with Gasteiger partial charge in [0.15, 0.2) is 0 Å². The van der Waals surface area contributed by atoms with E-state index in [-0.39, 0.29) is 17.4 Å². The molecule has 0 spiro atoms. The van der Waals surface area contributed by atoms with Gasteiger partial charge >= 0.3 is 5.97 Å². The topological polar surface area (TPSA) is 77.8 Å². The van der Waals surface area contributed by atoms with Crippen molar-refractivity contribution in [2.75, 3.05) is 0 Å². The Hall–Kier alpha value is -1.55. The molecule has 1 aromatic rings. The Balaban J connectivity index is 1.98. The fraction of sp³-hybridized carbons (Fsp3) is 0.708. The standard InChI is InChI=1S/C24H40O4/c1-2-3-11-17-21(25)18-13-10-8-6-4-5-7-9-12-15-20-16-14-19-22(26)23(20)24(27)28/h14,16,19,21,25-26H,2-13,15,17-18H2,1H3,(H,27,28)/t21-/m1/s1. The van der Waals surface area contributed by atoms with Crippen molar-refractivity contribution in [3.05, 3.63) is 29.3 Å². The van der Waals surface area contributed by atoms with Crippen LogP contribution in [0.25, 0.3) is 0 Å². The van der Waals surface area contributed by atoms with Gasteiger partial charge < -0.3 is 15.3 Å². The SMILES string of the molecule is CCCCC[C@@H](O)CCCCCCCCCCCc1cccc(O)c1C(=O)O. The second-order valence-corrected chi connectivity index (χ2v) is 7.99. The first kappa shape index (κ1) is 24.5. The zero-order valence-electron chi connectivity index (χ0n) is 17.7. The molecule has 0 aromatic heterocycles. The fourth-order valence-electron chi connectivity index (χ4n) is 3.75. The van der Waals surface area contributed by atoms with Gasteiger partial charge in [0, 0.05) is 0 Å². The number of hydrogen-bond donors (Lipinski definition) is 3. The smallest absolute Gasteiger partial charge is 0.339 e. The van der Waals surface area contributed by atoms with Crippen molar-refractivity contribution in [1.29, 1.82) is 0 Å². The molecule has 4 heteroatoms. The van der Waals surface area contributed by atoms with Crippen LogP contribution in [0.15, 0.2) is 18.2 Å². The third-order valence-corrected chi connectivity index (χ3v) is 5.47. The van der Waals surface area contributed by atoms with E-state index in [1.165, 1.54) is 57.4 Å². The van der Waals surface area contributed by atoms with Gasteiger partial charge in [-0.3, -0.25) is 0 Å². The van der Waals surface area contributed by atoms with Crippen molar-refractivity contribution < 1.29 is 20.1 Å². The van der Waals surface area contributed by atoms with Gasteiger partial charge in [0.1, 0.15) is 11.3 Å². The monoisotopic (exact) mass is 392 g/mol. The van der Waals surface area contributed by atoms with Crippen LogP contribution in [0, 0.1) is 0 Å². The van der Waals surface area contributed by atoms with E-state index in [1.807, 2.05) is 0 Å². The molecule has 0 aliphatic heterocycles. The summed E-state index contributed by atoms with van der Waals surface area (Å²) < 4.78 is 0. The van der Waals surface area contributed by atoms with Gasteiger partial charge in [-0.25, -0.2) is 4.79 Å². The van der Waals surface area contributed by atoms with Crippen molar-refractivity contribution in [1.82, 2.24) is 0 Å². The summed E-state index contributed by atoms with van der Waals surface area (Å²) in [6, 6.07) is 4.94. The molecule has 0 amide bonds. The minimum absolute atomic E-state index is 0.0537. The van der Waals surface area contributed by atoms with Gasteiger partial charge in [-0.1, -0.05) is 89.7 Å². The lowest BCUT2D eigenvalue weighted by atomic mass is 9.99. The van der Waals surface area contributed by atoms with Crippen LogP contribution in [-0.4, -0.2) is 27.4 Å². The third kappa shape index (κ3) is 10.7. The van der Waals surface area contributed by atoms with Crippen LogP contribution in [0.4, 0.5) is 0 Å². The molecule has 1 rings (SSSR count). The number of benzene rings is 1. The van der Waals surface area contributed by atoms with Crippen LogP contribution in [0.3, 0.4) is 0 Å². The number of carbonyl (C=O) groups is 1. The summed E-state index contributed by atoms with van der Waals surface area (Å²) in [4.78, 5) is 11.2. The number of phenols is 1. The fourth-order valence-corrected chi connectivity index (χ4v) is 3.75. The molecule has 1 atom stereocenters. The van der Waals surface area contributed by atoms with Gasteiger partial charge in [-0.05, 0) is 37.3 Å². The maximum atomic E-state index is 11.2. The molecular weight excluding hydrogens is 352 g/mol. The average Bonchev–Trinajstić information content (AvgIpc) is 2.66. The first-order valence-electron chi connectivity index (χ1n) is 11.3. The Morgan fingerprint density at radius 1 is 0.857 bits per heavy atom. The number of aliphatic hydroxyl groups is 1. The van der Waals surface area contributed by atoms with Crippen LogP contribution >= 0.6 is 0 Å². The lowest BCUT2D eigenvalue weighted by Crippen LogP contribution is -2.05. The highest BCUT2D eigenvalue weighted by atomic mass is 16.4. The summed E-state index contributed by atoms with van der Waals surface area (Å²) in [6.07, 6.45) is 16.7. The number of carboxylic acid groups (broad SMARTS) is 1. The van der Waals surface area contributed by atoms with Crippen molar-refractivity contribution >= 4 is 5.97 Å². The lowest BCUT2D eigenvalue weighted by Gasteiger charge is -2.09. The first-order chi connectivity index (χ1) is 13.6. The molecule has 1 aromatic carbocycles. The molecule has 0 aliphatic rings. The van der Waals surface area contributed by atoms with Crippen molar-refractivity contribution in [2.24, 2.45) is 0 Å². The van der Waals surface area contributed by atoms with Gasteiger partial charge in [0.2, 0.25) is 0 Å². The minimum atomic E-state index is -1.05. The van der Waals surface area contributed by atoms with E-state index < -0.39 is 5.97 Å². The minimum Gasteiger partial charge on any atom is -0.507 e. The number of aromatic carboxylic acids is 1. The molecule has 0 saturated heterocycles. The highest BCUT2D eigenvalue weighted by molar-refractivity contribution is 5.92. The van der Waals surface area contributed by atoms with Crippen LogP contribution in [0.2, 0.25) is 0 Å². The van der Waals surface area contributed by atoms with Gasteiger partial charge in [0.05, 0.1) is 6.10 Å². The van der Waals surface area contributed by atoms with Gasteiger partial charge in [-0.15, -0.1) is 0 Å². The number of hydrogen-bond acceptors (Lipinski definition) is 3. The van der Waals surface area contributed by atoms with Crippen LogP contribution in [0.5, 0.6) is 5.75 Å². The Morgan fingerprint density at radius 2 is 1.39 bits per heavy atom. The molecule has 0 aliphatic carbocycles. The highest BCUT2D eigenvalue weighted by Crippen LogP contribution is 2.23. The zero-order valence-corrected chi connectivity index (χ0v) is 17.7. The van der Waals surface area contributed by atoms with Crippen molar-refractivity contribution in [2.45, 2.75) is 109 Å². The summed E-state index contributed by atoms with van der Waals surface area (Å²) in [7, 11) is 0. The summed E-state index contributed by atoms with van der Waals surface area (Å²) in [5, 5.41) is 28.8. The number of aryl methyl sites for hydroxylation is 1. The molecular formula is C24H40O4. The molecule has 3 N–H and O–H groups in total. The number of unbranched alkanes of at least 4 members (excludes halogenated alkanes) is 10. The molecule has 0 unspecified atom stereocenters. The quantitative estimate of drug-likeness (QED) is 0.265. The Kier molecular flexibility index (Phi) is 13.5. The van der Waals surface area contributed by atoms with E-state index in [2.05, 4.69) is 6.92 Å². The number of rotatable bonds is 17. The van der Waals surface area contributed by atoms with E-state index in [9.17, 15) is 20.1 Å². The molecule has 0 saturated carbocycles. The molecule has 4 nitrogen and oxygen atoms in total.